The normalized spacial score (nSPS) is 25.7. The Kier molecular flexibility index (Phi) is 5.00. The van der Waals surface area contributed by atoms with Gasteiger partial charge in [-0.25, -0.2) is 0 Å². The molecule has 3 aliphatic rings. The molecule has 5 rings (SSSR count). The average Bonchev–Trinajstić information content (AvgIpc) is 3.34. The molecule has 1 amide bonds. The van der Waals surface area contributed by atoms with Crippen LogP contribution in [0.2, 0.25) is 0 Å². The lowest BCUT2D eigenvalue weighted by molar-refractivity contribution is -0.0967. The average molecular weight is 443 g/mol. The van der Waals surface area contributed by atoms with Crippen LogP contribution in [-0.4, -0.2) is 40.1 Å². The molecular formula is C24H24F3N3O2. The third-order valence-corrected chi connectivity index (χ3v) is 7.07. The van der Waals surface area contributed by atoms with E-state index in [9.17, 15) is 22.8 Å². The molecule has 168 valence electrons. The number of pyridine rings is 1. The van der Waals surface area contributed by atoms with Crippen molar-refractivity contribution in [3.63, 3.8) is 0 Å². The first-order valence-corrected chi connectivity index (χ1v) is 10.9. The predicted molar refractivity (Wildman–Crippen MR) is 115 cm³/mol. The number of aryl methyl sites for hydroxylation is 1. The molecule has 1 aromatic carbocycles. The van der Waals surface area contributed by atoms with Crippen LogP contribution in [0, 0.1) is 6.92 Å². The summed E-state index contributed by atoms with van der Waals surface area (Å²) in [5, 5.41) is 2.72. The van der Waals surface area contributed by atoms with Crippen LogP contribution in [0.15, 0.2) is 52.6 Å². The number of hydrogen-bond acceptors (Lipinski definition) is 3. The maximum absolute atomic E-state index is 13.9. The van der Waals surface area contributed by atoms with Crippen LogP contribution in [0.25, 0.3) is 10.9 Å². The second-order valence-corrected chi connectivity index (χ2v) is 8.91. The maximum Gasteiger partial charge on any atom is 0.414 e. The molecular weight excluding hydrogens is 419 g/mol. The van der Waals surface area contributed by atoms with Crippen molar-refractivity contribution < 1.29 is 18.0 Å². The van der Waals surface area contributed by atoms with Gasteiger partial charge in [0, 0.05) is 40.9 Å². The van der Waals surface area contributed by atoms with Gasteiger partial charge in [0.15, 0.2) is 0 Å². The number of nitrogens with one attached hydrogen (secondary N) is 2. The van der Waals surface area contributed by atoms with Crippen molar-refractivity contribution in [2.75, 3.05) is 0 Å². The summed E-state index contributed by atoms with van der Waals surface area (Å²) in [5.41, 5.74) is -0.493. The summed E-state index contributed by atoms with van der Waals surface area (Å²) >= 11 is 0. The molecule has 8 heteroatoms. The molecule has 2 aliphatic heterocycles. The van der Waals surface area contributed by atoms with Crippen LogP contribution in [0.3, 0.4) is 0 Å². The number of alkyl halides is 3. The van der Waals surface area contributed by atoms with E-state index in [1.54, 1.807) is 31.2 Å². The number of carbonyl (C=O) groups excluding carboxylic acids is 1. The lowest BCUT2D eigenvalue weighted by atomic mass is 9.95. The van der Waals surface area contributed by atoms with E-state index < -0.39 is 23.1 Å². The second kappa shape index (κ2) is 7.62. The summed E-state index contributed by atoms with van der Waals surface area (Å²) in [4.78, 5) is 30.8. The number of aromatic amines is 1. The number of carbonyl (C=O) groups is 1. The van der Waals surface area contributed by atoms with Gasteiger partial charge in [-0.15, -0.1) is 0 Å². The summed E-state index contributed by atoms with van der Waals surface area (Å²) in [6.07, 6.45) is 3.74. The molecule has 32 heavy (non-hydrogen) atoms. The zero-order chi connectivity index (χ0) is 22.6. The van der Waals surface area contributed by atoms with Gasteiger partial charge in [0.25, 0.3) is 5.91 Å². The van der Waals surface area contributed by atoms with Gasteiger partial charge in [-0.2, -0.15) is 13.2 Å². The minimum absolute atomic E-state index is 0.199. The van der Waals surface area contributed by atoms with E-state index in [-0.39, 0.29) is 23.7 Å². The number of allylic oxidation sites excluding steroid dienone is 1. The molecule has 2 N–H and O–H groups in total. The molecule has 2 aromatic rings. The smallest absolute Gasteiger partial charge is 0.360 e. The van der Waals surface area contributed by atoms with Crippen molar-refractivity contribution >= 4 is 16.8 Å². The van der Waals surface area contributed by atoms with Crippen LogP contribution in [0.4, 0.5) is 13.2 Å². The third-order valence-electron chi connectivity index (χ3n) is 7.07. The highest BCUT2D eigenvalue weighted by atomic mass is 19.4. The number of hydrogen-bond donors (Lipinski definition) is 2. The summed E-state index contributed by atoms with van der Waals surface area (Å²) in [6, 6.07) is 5.62. The molecule has 2 bridgehead atoms. The van der Waals surface area contributed by atoms with E-state index in [4.69, 9.17) is 0 Å². The number of benzene rings is 1. The maximum atomic E-state index is 13.9. The van der Waals surface area contributed by atoms with Gasteiger partial charge in [0.1, 0.15) is 5.56 Å². The van der Waals surface area contributed by atoms with Gasteiger partial charge in [-0.1, -0.05) is 18.2 Å². The van der Waals surface area contributed by atoms with Crippen LogP contribution < -0.4 is 10.7 Å². The Hall–Kier alpha value is -2.87. The minimum Gasteiger partial charge on any atom is -0.360 e. The van der Waals surface area contributed by atoms with Crippen molar-refractivity contribution in [2.45, 2.75) is 63.3 Å². The monoisotopic (exact) mass is 443 g/mol. The Morgan fingerprint density at radius 1 is 1.16 bits per heavy atom. The van der Waals surface area contributed by atoms with Crippen LogP contribution in [0.1, 0.15) is 48.0 Å². The molecule has 1 unspecified atom stereocenters. The predicted octanol–water partition coefficient (Wildman–Crippen LogP) is 4.34. The molecule has 1 aliphatic carbocycles. The zero-order valence-electron chi connectivity index (χ0n) is 17.6. The Labute approximate surface area is 183 Å². The van der Waals surface area contributed by atoms with Gasteiger partial charge in [-0.05, 0) is 56.7 Å². The molecule has 2 fully saturated rings. The number of amides is 1. The van der Waals surface area contributed by atoms with Crippen molar-refractivity contribution in [2.24, 2.45) is 0 Å². The number of fused-ring (bicyclic) bond motifs is 3. The third kappa shape index (κ3) is 3.46. The fourth-order valence-electron chi connectivity index (χ4n) is 5.58. The first-order chi connectivity index (χ1) is 15.2. The second-order valence-electron chi connectivity index (χ2n) is 8.91. The molecule has 0 radical (unpaired) electrons. The lowest BCUT2D eigenvalue weighted by Crippen LogP contribution is -2.41. The molecule has 5 nitrogen and oxygen atoms in total. The number of aromatic nitrogens is 1. The van der Waals surface area contributed by atoms with E-state index in [2.05, 4.69) is 15.2 Å². The molecule has 3 heterocycles. The zero-order valence-corrected chi connectivity index (χ0v) is 17.6. The van der Waals surface area contributed by atoms with E-state index >= 15 is 0 Å². The summed E-state index contributed by atoms with van der Waals surface area (Å²) in [7, 11) is 0. The minimum atomic E-state index is -4.57. The van der Waals surface area contributed by atoms with E-state index in [0.29, 0.717) is 28.6 Å². The molecule has 2 saturated heterocycles. The molecule has 1 atom stereocenters. The summed E-state index contributed by atoms with van der Waals surface area (Å²) in [6.45, 7) is 1.75. The van der Waals surface area contributed by atoms with Crippen LogP contribution >= 0.6 is 0 Å². The fourth-order valence-corrected chi connectivity index (χ4v) is 5.58. The van der Waals surface area contributed by atoms with E-state index in [1.165, 1.54) is 12.3 Å². The van der Waals surface area contributed by atoms with E-state index in [1.807, 2.05) is 0 Å². The Bertz CT molecular complexity index is 1190. The topological polar surface area (TPSA) is 65.2 Å². The van der Waals surface area contributed by atoms with Gasteiger partial charge in [0.2, 0.25) is 5.43 Å². The standard InChI is InChI=1S/C24H24F3N3O2/c1-13-3-2-4-20-21(13)22(31)17(12-28-20)23(32)29-19-10-9-16(11-18(19)24(25,26)27)30-14-5-6-15(30)8-7-14/h2-4,9-10,12,14-16H,5-8,11H2,1H3,(H,28,31)(H,29,32). The van der Waals surface area contributed by atoms with E-state index in [0.717, 1.165) is 25.7 Å². The number of H-pyrrole nitrogens is 1. The lowest BCUT2D eigenvalue weighted by Gasteiger charge is -2.34. The first-order valence-electron chi connectivity index (χ1n) is 10.9. The Balaban J connectivity index is 1.45. The number of nitrogens with zero attached hydrogens (tertiary/aromatic N) is 1. The van der Waals surface area contributed by atoms with Crippen molar-refractivity contribution in [1.29, 1.82) is 0 Å². The quantitative estimate of drug-likeness (QED) is 0.742. The van der Waals surface area contributed by atoms with Crippen molar-refractivity contribution in [3.05, 3.63) is 69.2 Å². The molecule has 0 saturated carbocycles. The van der Waals surface area contributed by atoms with Crippen LogP contribution in [-0.2, 0) is 0 Å². The molecule has 1 aromatic heterocycles. The summed E-state index contributed by atoms with van der Waals surface area (Å²) < 4.78 is 41.8. The number of rotatable bonds is 3. The number of halogens is 3. The Morgan fingerprint density at radius 3 is 2.50 bits per heavy atom. The first kappa shape index (κ1) is 21.0. The van der Waals surface area contributed by atoms with Gasteiger partial charge in [0.05, 0.1) is 5.57 Å². The Morgan fingerprint density at radius 2 is 1.84 bits per heavy atom. The van der Waals surface area contributed by atoms with Crippen LogP contribution in [0.5, 0.6) is 0 Å². The molecule has 0 spiro atoms. The highest BCUT2D eigenvalue weighted by Crippen LogP contribution is 2.43. The summed E-state index contributed by atoms with van der Waals surface area (Å²) in [5.74, 6) is -0.850. The highest BCUT2D eigenvalue weighted by molar-refractivity contribution is 5.98. The largest absolute Gasteiger partial charge is 0.414 e. The van der Waals surface area contributed by atoms with Gasteiger partial charge < -0.3 is 10.3 Å². The highest BCUT2D eigenvalue weighted by Gasteiger charge is 2.46. The van der Waals surface area contributed by atoms with Gasteiger partial charge in [-0.3, -0.25) is 14.5 Å². The van der Waals surface area contributed by atoms with Gasteiger partial charge >= 0.3 is 6.18 Å². The van der Waals surface area contributed by atoms with Crippen molar-refractivity contribution in [3.8, 4) is 0 Å². The SMILES string of the molecule is Cc1cccc2[nH]cc(C(=O)NC3=C(C(F)(F)F)CC(N4C5CCC4CC5)C=C3)c(=O)c12. The fraction of sp³-hybridized carbons (Fsp3) is 0.417. The van der Waals surface area contributed by atoms with Crippen molar-refractivity contribution in [1.82, 2.24) is 15.2 Å².